The molecular formula is C25H49N7O9. The molecule has 12 atom stereocenters. The minimum atomic E-state index is -1.49. The molecule has 16 heteroatoms. The highest BCUT2D eigenvalue weighted by molar-refractivity contribution is 5.81. The molecule has 16 nitrogen and oxygen atoms in total. The average Bonchev–Trinajstić information content (AvgIpc) is 2.93. The zero-order chi connectivity index (χ0) is 30.3. The molecule has 2 heterocycles. The molecule has 1 aliphatic carbocycles. The van der Waals surface area contributed by atoms with Crippen LogP contribution in [0.2, 0.25) is 0 Å². The summed E-state index contributed by atoms with van der Waals surface area (Å²) in [6.45, 7) is 2.74. The van der Waals surface area contributed by atoms with Crippen molar-refractivity contribution in [3.8, 4) is 0 Å². The van der Waals surface area contributed by atoms with E-state index < -0.39 is 78.8 Å². The van der Waals surface area contributed by atoms with Crippen molar-refractivity contribution in [2.24, 2.45) is 22.9 Å². The molecule has 0 radical (unpaired) electrons. The highest BCUT2D eigenvalue weighted by atomic mass is 16.7. The van der Waals surface area contributed by atoms with E-state index >= 15 is 0 Å². The van der Waals surface area contributed by atoms with Crippen LogP contribution in [0.5, 0.6) is 0 Å². The maximum absolute atomic E-state index is 12.5. The van der Waals surface area contributed by atoms with Gasteiger partial charge < -0.3 is 78.3 Å². The first-order chi connectivity index (χ1) is 19.4. The number of nitrogens with one attached hydrogen (secondary N) is 3. The standard InChI is InChI=1S/C25H49N7O9/c1-25(37)11-38-24(18(35)21(25)30-2)41-20-15(32-22(36)16(33)9-27)8-14(29)19(17(20)34)40-23-13(28)5-4-12(39-23)10-31-7-3-6-26/h4,13-21,23-24,30-31,33-35,37H,3,5-11,26-29H2,1-2H3,(H,32,36)/t13-,14+,15-,16+,17+,18-,19-,20+,21-,23-,24-,25+/m1/s1. The second-order valence-electron chi connectivity index (χ2n) is 11.1. The van der Waals surface area contributed by atoms with E-state index in [1.54, 1.807) is 7.05 Å². The molecule has 15 N–H and O–H groups in total. The Kier molecular flexibility index (Phi) is 12.7. The van der Waals surface area contributed by atoms with Crippen LogP contribution in [0, 0.1) is 0 Å². The van der Waals surface area contributed by atoms with E-state index in [1.807, 2.05) is 6.08 Å². The van der Waals surface area contributed by atoms with Gasteiger partial charge in [-0.2, -0.15) is 0 Å². The van der Waals surface area contributed by atoms with Gasteiger partial charge in [-0.3, -0.25) is 4.79 Å². The van der Waals surface area contributed by atoms with Crippen LogP contribution in [-0.4, -0.2) is 139 Å². The van der Waals surface area contributed by atoms with Crippen molar-refractivity contribution in [3.05, 3.63) is 11.8 Å². The number of nitrogens with two attached hydrogens (primary N) is 4. The lowest BCUT2D eigenvalue weighted by molar-refractivity contribution is -0.304. The van der Waals surface area contributed by atoms with Crippen molar-refractivity contribution < 1.29 is 44.2 Å². The van der Waals surface area contributed by atoms with Gasteiger partial charge in [0.15, 0.2) is 6.29 Å². The number of carbonyl (C=O) groups excluding carboxylic acids is 1. The summed E-state index contributed by atoms with van der Waals surface area (Å²) in [6, 6.07) is -3.08. The molecule has 1 saturated carbocycles. The predicted octanol–water partition coefficient (Wildman–Crippen LogP) is -5.39. The number of hydrogen-bond donors (Lipinski definition) is 11. The molecule has 1 amide bonds. The third kappa shape index (κ3) is 8.54. The Morgan fingerprint density at radius 2 is 1.88 bits per heavy atom. The van der Waals surface area contributed by atoms with E-state index in [1.165, 1.54) is 6.92 Å². The quantitative estimate of drug-likeness (QED) is 0.0892. The van der Waals surface area contributed by atoms with Gasteiger partial charge >= 0.3 is 0 Å². The predicted molar refractivity (Wildman–Crippen MR) is 147 cm³/mol. The summed E-state index contributed by atoms with van der Waals surface area (Å²) < 4.78 is 23.8. The molecule has 0 aromatic rings. The fourth-order valence-corrected chi connectivity index (χ4v) is 5.34. The van der Waals surface area contributed by atoms with Gasteiger partial charge in [-0.1, -0.05) is 0 Å². The third-order valence-corrected chi connectivity index (χ3v) is 7.69. The van der Waals surface area contributed by atoms with Crippen molar-refractivity contribution in [1.29, 1.82) is 0 Å². The first-order valence-electron chi connectivity index (χ1n) is 14.1. The Labute approximate surface area is 240 Å². The molecule has 238 valence electrons. The van der Waals surface area contributed by atoms with Crippen LogP contribution < -0.4 is 38.9 Å². The Morgan fingerprint density at radius 3 is 2.54 bits per heavy atom. The fourth-order valence-electron chi connectivity index (χ4n) is 5.34. The Hall–Kier alpha value is -1.51. The summed E-state index contributed by atoms with van der Waals surface area (Å²) in [5.41, 5.74) is 22.2. The van der Waals surface area contributed by atoms with Crippen LogP contribution in [0.3, 0.4) is 0 Å². The smallest absolute Gasteiger partial charge is 0.250 e. The van der Waals surface area contributed by atoms with Crippen molar-refractivity contribution in [1.82, 2.24) is 16.0 Å². The molecule has 0 spiro atoms. The van der Waals surface area contributed by atoms with Crippen LogP contribution >= 0.6 is 0 Å². The molecule has 3 rings (SSSR count). The minimum Gasteiger partial charge on any atom is -0.467 e. The molecule has 0 aromatic heterocycles. The first-order valence-corrected chi connectivity index (χ1v) is 14.1. The van der Waals surface area contributed by atoms with Gasteiger partial charge in [-0.25, -0.2) is 0 Å². The second kappa shape index (κ2) is 15.3. The summed E-state index contributed by atoms with van der Waals surface area (Å²) in [7, 11) is 1.57. The number of ether oxygens (including phenoxy) is 4. The van der Waals surface area contributed by atoms with Crippen LogP contribution in [0.4, 0.5) is 0 Å². The normalized spacial score (nSPS) is 40.4. The van der Waals surface area contributed by atoms with Crippen molar-refractivity contribution in [3.63, 3.8) is 0 Å². The number of aliphatic hydroxyl groups is 4. The van der Waals surface area contributed by atoms with Gasteiger partial charge in [0, 0.05) is 12.6 Å². The summed E-state index contributed by atoms with van der Waals surface area (Å²) >= 11 is 0. The van der Waals surface area contributed by atoms with Gasteiger partial charge in [0.1, 0.15) is 41.9 Å². The highest BCUT2D eigenvalue weighted by Gasteiger charge is 2.51. The van der Waals surface area contributed by atoms with E-state index in [2.05, 4.69) is 16.0 Å². The Morgan fingerprint density at radius 1 is 1.17 bits per heavy atom. The van der Waals surface area contributed by atoms with Gasteiger partial charge in [0.25, 0.3) is 0 Å². The van der Waals surface area contributed by atoms with E-state index in [4.69, 9.17) is 41.9 Å². The molecule has 0 bridgehead atoms. The maximum Gasteiger partial charge on any atom is 0.250 e. The zero-order valence-electron chi connectivity index (χ0n) is 23.7. The molecule has 2 fully saturated rings. The molecule has 41 heavy (non-hydrogen) atoms. The average molecular weight is 592 g/mol. The summed E-state index contributed by atoms with van der Waals surface area (Å²) in [6.07, 6.45) is -5.53. The van der Waals surface area contributed by atoms with Gasteiger partial charge in [0.05, 0.1) is 31.3 Å². The van der Waals surface area contributed by atoms with E-state index in [0.29, 0.717) is 31.8 Å². The lowest BCUT2D eigenvalue weighted by Crippen LogP contribution is -2.69. The van der Waals surface area contributed by atoms with E-state index in [0.717, 1.165) is 6.42 Å². The second-order valence-corrected chi connectivity index (χ2v) is 11.1. The van der Waals surface area contributed by atoms with Crippen LogP contribution in [0.1, 0.15) is 26.2 Å². The number of amides is 1. The number of hydrogen-bond acceptors (Lipinski definition) is 15. The molecule has 1 saturated heterocycles. The lowest BCUT2D eigenvalue weighted by Gasteiger charge is -2.48. The molecule has 0 aromatic carbocycles. The van der Waals surface area contributed by atoms with Crippen molar-refractivity contribution in [2.75, 3.05) is 39.8 Å². The number of rotatable bonds is 13. The van der Waals surface area contributed by atoms with E-state index in [9.17, 15) is 25.2 Å². The monoisotopic (exact) mass is 591 g/mol. The van der Waals surface area contributed by atoms with Crippen molar-refractivity contribution in [2.45, 2.75) is 99.1 Å². The van der Waals surface area contributed by atoms with Crippen LogP contribution in [0.25, 0.3) is 0 Å². The summed E-state index contributed by atoms with van der Waals surface area (Å²) in [5, 5.41) is 51.7. The Balaban J connectivity index is 1.77. The van der Waals surface area contributed by atoms with E-state index in [-0.39, 0.29) is 19.6 Å². The van der Waals surface area contributed by atoms with Gasteiger partial charge in [-0.05, 0) is 52.4 Å². The fraction of sp³-hybridized carbons (Fsp3) is 0.880. The summed E-state index contributed by atoms with van der Waals surface area (Å²) in [5.74, 6) is -0.147. The van der Waals surface area contributed by atoms with Gasteiger partial charge in [-0.15, -0.1) is 0 Å². The van der Waals surface area contributed by atoms with Crippen LogP contribution in [0.15, 0.2) is 11.8 Å². The molecule has 3 aliphatic rings. The molecule has 2 aliphatic heterocycles. The summed E-state index contributed by atoms with van der Waals surface area (Å²) in [4.78, 5) is 12.5. The molecular weight excluding hydrogens is 542 g/mol. The first kappa shape index (κ1) is 34.0. The third-order valence-electron chi connectivity index (χ3n) is 7.69. The maximum atomic E-state index is 12.5. The van der Waals surface area contributed by atoms with Gasteiger partial charge in [0.2, 0.25) is 12.2 Å². The zero-order valence-corrected chi connectivity index (χ0v) is 23.7. The number of likely N-dealkylation sites (N-methyl/N-ethyl adjacent to an activating group) is 1. The van der Waals surface area contributed by atoms with Crippen molar-refractivity contribution >= 4 is 5.91 Å². The number of aliphatic hydroxyl groups excluding tert-OH is 3. The highest BCUT2D eigenvalue weighted by Crippen LogP contribution is 2.32. The lowest BCUT2D eigenvalue weighted by atomic mass is 9.83. The largest absolute Gasteiger partial charge is 0.467 e. The number of carbonyl (C=O) groups is 1. The van der Waals surface area contributed by atoms with Crippen LogP contribution in [-0.2, 0) is 23.7 Å². The SMILES string of the molecule is CN[C@@H]1[C@@H](O)[C@@H](O[C@@H]2[C@@H](O)[C@H](O[C@H]3OC(CNCCCN)=CC[C@H]3N)[C@@H](N)C[C@H]2NC(=O)[C@@H](O)CN)OC[C@]1(C)O. The topological polar surface area (TPSA) is 275 Å². The Bertz CT molecular complexity index is 869. The minimum absolute atomic E-state index is 0.0662. The molecule has 0 unspecified atom stereocenters.